The normalized spacial score (nSPS) is 15.8. The lowest BCUT2D eigenvalue weighted by atomic mass is 10.1. The second-order valence-corrected chi connectivity index (χ2v) is 8.40. The van der Waals surface area contributed by atoms with Gasteiger partial charge in [0.05, 0.1) is 32.1 Å². The third-order valence-corrected chi connectivity index (χ3v) is 6.17. The Labute approximate surface area is 204 Å². The lowest BCUT2D eigenvalue weighted by molar-refractivity contribution is 0.303. The number of hydrogen-bond donors (Lipinski definition) is 0. The highest BCUT2D eigenvalue weighted by Gasteiger charge is 2.27. The van der Waals surface area contributed by atoms with E-state index in [1.54, 1.807) is 32.9 Å². The minimum absolute atomic E-state index is 0.185. The van der Waals surface area contributed by atoms with Gasteiger partial charge in [-0.05, 0) is 18.6 Å². The van der Waals surface area contributed by atoms with E-state index in [2.05, 4.69) is 36.7 Å². The zero-order valence-corrected chi connectivity index (χ0v) is 20.1. The van der Waals surface area contributed by atoms with Crippen LogP contribution in [0.2, 0.25) is 0 Å². The molecule has 1 unspecified atom stereocenters. The summed E-state index contributed by atoms with van der Waals surface area (Å²) in [4.78, 5) is 22.7. The van der Waals surface area contributed by atoms with Crippen LogP contribution in [0.15, 0.2) is 61.2 Å². The minimum Gasteiger partial charge on any atom is -0.493 e. The van der Waals surface area contributed by atoms with Crippen molar-refractivity contribution in [1.29, 1.82) is 0 Å². The van der Waals surface area contributed by atoms with Gasteiger partial charge < -0.3 is 24.0 Å². The van der Waals surface area contributed by atoms with Crippen molar-refractivity contribution in [2.24, 2.45) is 0 Å². The molecule has 1 aliphatic heterocycles. The molecule has 5 rings (SSSR count). The van der Waals surface area contributed by atoms with E-state index in [1.165, 1.54) is 0 Å². The Morgan fingerprint density at radius 1 is 0.914 bits per heavy atom. The molecule has 1 atom stereocenters. The summed E-state index contributed by atoms with van der Waals surface area (Å²) in [5, 5.41) is 0.932. The van der Waals surface area contributed by atoms with Crippen LogP contribution in [0.5, 0.6) is 17.2 Å². The fraction of sp³-hybridized carbons (Fsp3) is 0.308. The molecule has 0 spiro atoms. The van der Waals surface area contributed by atoms with Crippen LogP contribution in [0.3, 0.4) is 0 Å². The molecular weight excluding hydrogens is 444 g/mol. The molecule has 1 fully saturated rings. The lowest BCUT2D eigenvalue weighted by Crippen LogP contribution is -2.53. The molecule has 0 bridgehead atoms. The number of hydrogen-bond acceptors (Lipinski definition) is 9. The molecule has 1 saturated heterocycles. The number of benzene rings is 2. The standard InChI is InChI=1S/C26H28N6O3/c1-18-15-31(25-21-11-23(33-2)24(34-3)12-22(21)29-17-30-25)9-10-32(18)26-27-13-20(14-28-26)35-16-19-7-5-4-6-8-19/h4-8,11-14,17-18H,9-10,15-16H2,1-3H3. The van der Waals surface area contributed by atoms with Gasteiger partial charge in [0.2, 0.25) is 5.95 Å². The van der Waals surface area contributed by atoms with Crippen LogP contribution in [0.4, 0.5) is 11.8 Å². The highest BCUT2D eigenvalue weighted by atomic mass is 16.5. The molecule has 2 aromatic carbocycles. The Morgan fingerprint density at radius 2 is 1.66 bits per heavy atom. The van der Waals surface area contributed by atoms with Gasteiger partial charge >= 0.3 is 0 Å². The highest BCUT2D eigenvalue weighted by molar-refractivity contribution is 5.92. The fourth-order valence-electron chi connectivity index (χ4n) is 4.34. The highest BCUT2D eigenvalue weighted by Crippen LogP contribution is 2.35. The van der Waals surface area contributed by atoms with E-state index in [0.29, 0.717) is 29.8 Å². The van der Waals surface area contributed by atoms with Crippen molar-refractivity contribution in [3.05, 3.63) is 66.7 Å². The largest absolute Gasteiger partial charge is 0.493 e. The first-order valence-corrected chi connectivity index (χ1v) is 11.5. The molecule has 9 nitrogen and oxygen atoms in total. The Morgan fingerprint density at radius 3 is 2.37 bits per heavy atom. The van der Waals surface area contributed by atoms with E-state index < -0.39 is 0 Å². The van der Waals surface area contributed by atoms with Gasteiger partial charge in [0.15, 0.2) is 17.2 Å². The molecule has 0 amide bonds. The summed E-state index contributed by atoms with van der Waals surface area (Å²) in [5.74, 6) is 3.54. The Balaban J connectivity index is 1.28. The molecular formula is C26H28N6O3. The third kappa shape index (κ3) is 4.75. The summed E-state index contributed by atoms with van der Waals surface area (Å²) in [7, 11) is 3.25. The van der Waals surface area contributed by atoms with Crippen molar-refractivity contribution in [2.45, 2.75) is 19.6 Å². The van der Waals surface area contributed by atoms with Crippen LogP contribution in [0, 0.1) is 0 Å². The van der Waals surface area contributed by atoms with Crippen LogP contribution in [0.1, 0.15) is 12.5 Å². The summed E-state index contributed by atoms with van der Waals surface area (Å²) >= 11 is 0. The number of nitrogens with zero attached hydrogens (tertiary/aromatic N) is 6. The zero-order chi connectivity index (χ0) is 24.2. The van der Waals surface area contributed by atoms with Gasteiger partial charge in [-0.3, -0.25) is 0 Å². The number of ether oxygens (including phenoxy) is 3. The van der Waals surface area contributed by atoms with Gasteiger partial charge in [0.25, 0.3) is 0 Å². The van der Waals surface area contributed by atoms with Crippen LogP contribution in [-0.2, 0) is 6.61 Å². The van der Waals surface area contributed by atoms with Crippen molar-refractivity contribution < 1.29 is 14.2 Å². The van der Waals surface area contributed by atoms with E-state index in [-0.39, 0.29) is 6.04 Å². The summed E-state index contributed by atoms with van der Waals surface area (Å²) in [5.41, 5.74) is 1.92. The Hall–Kier alpha value is -4.14. The van der Waals surface area contributed by atoms with Crippen LogP contribution >= 0.6 is 0 Å². The van der Waals surface area contributed by atoms with Gasteiger partial charge in [-0.15, -0.1) is 0 Å². The van der Waals surface area contributed by atoms with Crippen LogP contribution < -0.4 is 24.0 Å². The molecule has 0 saturated carbocycles. The van der Waals surface area contributed by atoms with Gasteiger partial charge in [-0.2, -0.15) is 0 Å². The fourth-order valence-corrected chi connectivity index (χ4v) is 4.34. The smallest absolute Gasteiger partial charge is 0.225 e. The first kappa shape index (κ1) is 22.6. The maximum Gasteiger partial charge on any atom is 0.225 e. The lowest BCUT2D eigenvalue weighted by Gasteiger charge is -2.40. The van der Waals surface area contributed by atoms with Crippen molar-refractivity contribution in [3.63, 3.8) is 0 Å². The van der Waals surface area contributed by atoms with Crippen molar-refractivity contribution in [1.82, 2.24) is 19.9 Å². The van der Waals surface area contributed by atoms with E-state index in [0.717, 1.165) is 41.9 Å². The topological polar surface area (TPSA) is 85.7 Å². The third-order valence-electron chi connectivity index (χ3n) is 6.17. The van der Waals surface area contributed by atoms with Crippen LogP contribution in [0.25, 0.3) is 10.9 Å². The first-order valence-electron chi connectivity index (χ1n) is 11.5. The SMILES string of the molecule is COc1cc2ncnc(N3CCN(c4ncc(OCc5ccccc5)cn4)C(C)C3)c2cc1OC. The molecule has 1 aliphatic rings. The monoisotopic (exact) mass is 472 g/mol. The van der Waals surface area contributed by atoms with E-state index >= 15 is 0 Å². The van der Waals surface area contributed by atoms with Crippen molar-refractivity contribution in [3.8, 4) is 17.2 Å². The number of piperazine rings is 1. The average molecular weight is 473 g/mol. The van der Waals surface area contributed by atoms with E-state index in [4.69, 9.17) is 14.2 Å². The minimum atomic E-state index is 0.185. The van der Waals surface area contributed by atoms with E-state index in [1.807, 2.05) is 42.5 Å². The van der Waals surface area contributed by atoms with Gasteiger partial charge in [-0.25, -0.2) is 19.9 Å². The molecule has 0 radical (unpaired) electrons. The predicted octanol–water partition coefficient (Wildman–Crippen LogP) is 3.73. The van der Waals surface area contributed by atoms with E-state index in [9.17, 15) is 0 Å². The zero-order valence-electron chi connectivity index (χ0n) is 20.1. The molecule has 4 aromatic rings. The second kappa shape index (κ2) is 10.0. The molecule has 180 valence electrons. The maximum atomic E-state index is 5.83. The number of anilines is 2. The first-order chi connectivity index (χ1) is 17.2. The Kier molecular flexibility index (Phi) is 6.47. The molecule has 9 heteroatoms. The van der Waals surface area contributed by atoms with Crippen molar-refractivity contribution in [2.75, 3.05) is 43.7 Å². The molecule has 35 heavy (non-hydrogen) atoms. The van der Waals surface area contributed by atoms with Gasteiger partial charge in [-0.1, -0.05) is 30.3 Å². The molecule has 2 aromatic heterocycles. The number of aromatic nitrogens is 4. The number of fused-ring (bicyclic) bond motifs is 1. The molecule has 0 aliphatic carbocycles. The summed E-state index contributed by atoms with van der Waals surface area (Å²) in [6.07, 6.45) is 5.07. The average Bonchev–Trinajstić information content (AvgIpc) is 2.91. The van der Waals surface area contributed by atoms with Gasteiger partial charge in [0.1, 0.15) is 18.8 Å². The van der Waals surface area contributed by atoms with Gasteiger partial charge in [0, 0.05) is 37.1 Å². The summed E-state index contributed by atoms with van der Waals surface area (Å²) in [6, 6.07) is 14.1. The number of methoxy groups -OCH3 is 2. The number of rotatable bonds is 7. The van der Waals surface area contributed by atoms with Crippen molar-refractivity contribution >= 4 is 22.7 Å². The van der Waals surface area contributed by atoms with Crippen LogP contribution in [-0.4, -0.2) is 59.8 Å². The maximum absolute atomic E-state index is 5.83. The molecule has 3 heterocycles. The predicted molar refractivity (Wildman–Crippen MR) is 134 cm³/mol. The quantitative estimate of drug-likeness (QED) is 0.399. The Bertz CT molecular complexity index is 1290. The summed E-state index contributed by atoms with van der Waals surface area (Å²) < 4.78 is 16.8. The second-order valence-electron chi connectivity index (χ2n) is 8.40. The summed E-state index contributed by atoms with van der Waals surface area (Å²) in [6.45, 7) is 4.98. The molecule has 0 N–H and O–H groups in total.